The Morgan fingerprint density at radius 2 is 1.80 bits per heavy atom. The number of aromatic nitrogens is 1. The first kappa shape index (κ1) is 30.8. The van der Waals surface area contributed by atoms with E-state index < -0.39 is 12.0 Å². The van der Waals surface area contributed by atoms with Crippen molar-refractivity contribution in [3.8, 4) is 11.5 Å². The predicted octanol–water partition coefficient (Wildman–Crippen LogP) is 5.07. The third kappa shape index (κ3) is 6.05. The van der Waals surface area contributed by atoms with E-state index in [1.54, 1.807) is 25.5 Å². The second-order valence-corrected chi connectivity index (χ2v) is 11.9. The fraction of sp³-hybridized carbons (Fsp3) is 0.286. The second kappa shape index (κ2) is 12.9. The number of rotatable bonds is 9. The van der Waals surface area contributed by atoms with Crippen LogP contribution in [0.25, 0.3) is 6.08 Å². The van der Waals surface area contributed by atoms with Crippen molar-refractivity contribution >= 4 is 29.1 Å². The molecule has 0 fully saturated rings. The Bertz CT molecular complexity index is 1920. The van der Waals surface area contributed by atoms with E-state index in [0.717, 1.165) is 39.3 Å². The summed E-state index contributed by atoms with van der Waals surface area (Å²) in [5.74, 6) is 1.04. The van der Waals surface area contributed by atoms with Gasteiger partial charge in [0.1, 0.15) is 18.1 Å². The number of aryl methyl sites for hydroxylation is 1. The molecule has 228 valence electrons. The van der Waals surface area contributed by atoms with Gasteiger partial charge in [0.05, 0.1) is 35.6 Å². The molecule has 2 heterocycles. The van der Waals surface area contributed by atoms with E-state index in [9.17, 15) is 9.59 Å². The molecule has 0 saturated heterocycles. The predicted molar refractivity (Wildman–Crippen MR) is 174 cm³/mol. The Morgan fingerprint density at radius 3 is 2.48 bits per heavy atom. The number of anilines is 1. The van der Waals surface area contributed by atoms with Gasteiger partial charge in [0.25, 0.3) is 5.56 Å². The maximum Gasteiger partial charge on any atom is 0.338 e. The molecule has 4 aromatic rings. The van der Waals surface area contributed by atoms with E-state index in [1.807, 2.05) is 86.6 Å². The van der Waals surface area contributed by atoms with Crippen LogP contribution in [0, 0.1) is 13.8 Å². The molecular formula is C35H37N3O5S. The minimum atomic E-state index is -0.666. The van der Waals surface area contributed by atoms with Gasteiger partial charge in [-0.3, -0.25) is 9.36 Å². The number of hydrogen-bond donors (Lipinski definition) is 0. The smallest absolute Gasteiger partial charge is 0.338 e. The molecule has 44 heavy (non-hydrogen) atoms. The average Bonchev–Trinajstić information content (AvgIpc) is 3.31. The van der Waals surface area contributed by atoms with Crippen LogP contribution in [0.15, 0.2) is 81.7 Å². The molecule has 0 saturated carbocycles. The largest absolute Gasteiger partial charge is 0.496 e. The summed E-state index contributed by atoms with van der Waals surface area (Å²) in [7, 11) is 5.56. The van der Waals surface area contributed by atoms with Gasteiger partial charge in [-0.15, -0.1) is 0 Å². The van der Waals surface area contributed by atoms with Crippen molar-refractivity contribution in [2.75, 3.05) is 32.7 Å². The highest BCUT2D eigenvalue weighted by molar-refractivity contribution is 7.07. The van der Waals surface area contributed by atoms with Gasteiger partial charge in [-0.2, -0.15) is 0 Å². The normalized spacial score (nSPS) is 14.6. The summed E-state index contributed by atoms with van der Waals surface area (Å²) >= 11 is 1.29. The lowest BCUT2D eigenvalue weighted by molar-refractivity contribution is -0.139. The van der Waals surface area contributed by atoms with Gasteiger partial charge >= 0.3 is 5.97 Å². The molecule has 0 amide bonds. The fourth-order valence-electron chi connectivity index (χ4n) is 5.25. The number of esters is 1. The van der Waals surface area contributed by atoms with Gasteiger partial charge in [0.2, 0.25) is 0 Å². The van der Waals surface area contributed by atoms with Gasteiger partial charge in [0.15, 0.2) is 4.80 Å². The molecule has 1 atom stereocenters. The zero-order valence-electron chi connectivity index (χ0n) is 26.1. The van der Waals surface area contributed by atoms with Crippen LogP contribution in [0.5, 0.6) is 11.5 Å². The van der Waals surface area contributed by atoms with Crippen LogP contribution in [0.2, 0.25) is 0 Å². The number of carbonyl (C=O) groups is 1. The molecule has 0 bridgehead atoms. The molecule has 1 aliphatic heterocycles. The highest BCUT2D eigenvalue weighted by atomic mass is 32.1. The zero-order chi connectivity index (χ0) is 31.5. The summed E-state index contributed by atoms with van der Waals surface area (Å²) in [5.41, 5.74) is 6.41. The first-order valence-electron chi connectivity index (χ1n) is 14.5. The molecule has 1 unspecified atom stereocenters. The van der Waals surface area contributed by atoms with Gasteiger partial charge in [-0.1, -0.05) is 41.7 Å². The van der Waals surface area contributed by atoms with Gasteiger partial charge in [0, 0.05) is 25.3 Å². The molecule has 0 aliphatic carbocycles. The Morgan fingerprint density at radius 1 is 1.05 bits per heavy atom. The summed E-state index contributed by atoms with van der Waals surface area (Å²) in [6.07, 6.45) is 1.85. The molecular weight excluding hydrogens is 574 g/mol. The van der Waals surface area contributed by atoms with Crippen molar-refractivity contribution in [1.82, 2.24) is 4.57 Å². The number of nitrogens with zero attached hydrogens (tertiary/aromatic N) is 3. The van der Waals surface area contributed by atoms with Gasteiger partial charge < -0.3 is 19.1 Å². The third-order valence-electron chi connectivity index (χ3n) is 7.78. The first-order valence-corrected chi connectivity index (χ1v) is 15.3. The molecule has 5 rings (SSSR count). The number of thiazole rings is 1. The van der Waals surface area contributed by atoms with Crippen LogP contribution in [-0.4, -0.2) is 38.3 Å². The number of fused-ring (bicyclic) bond motifs is 1. The van der Waals surface area contributed by atoms with Crippen molar-refractivity contribution in [3.05, 3.63) is 119 Å². The van der Waals surface area contributed by atoms with Gasteiger partial charge in [-0.05, 0) is 86.4 Å². The van der Waals surface area contributed by atoms with Crippen LogP contribution in [0.3, 0.4) is 0 Å². The molecule has 9 heteroatoms. The van der Waals surface area contributed by atoms with Crippen molar-refractivity contribution in [3.63, 3.8) is 0 Å². The molecule has 0 radical (unpaired) electrons. The lowest BCUT2D eigenvalue weighted by Crippen LogP contribution is -2.39. The Labute approximate surface area is 261 Å². The maximum absolute atomic E-state index is 14.0. The highest BCUT2D eigenvalue weighted by Gasteiger charge is 2.33. The summed E-state index contributed by atoms with van der Waals surface area (Å²) < 4.78 is 19.3. The van der Waals surface area contributed by atoms with E-state index in [-0.39, 0.29) is 12.2 Å². The van der Waals surface area contributed by atoms with Crippen LogP contribution in [0.1, 0.15) is 47.7 Å². The number of hydrogen-bond acceptors (Lipinski definition) is 8. The van der Waals surface area contributed by atoms with Crippen LogP contribution in [0.4, 0.5) is 5.69 Å². The van der Waals surface area contributed by atoms with E-state index in [0.29, 0.717) is 33.0 Å². The summed E-state index contributed by atoms with van der Waals surface area (Å²) in [4.78, 5) is 34.5. The number of methoxy groups -OCH3 is 1. The monoisotopic (exact) mass is 611 g/mol. The molecule has 8 nitrogen and oxygen atoms in total. The zero-order valence-corrected chi connectivity index (χ0v) is 27.0. The van der Waals surface area contributed by atoms with Crippen molar-refractivity contribution in [1.29, 1.82) is 0 Å². The number of benzene rings is 3. The minimum absolute atomic E-state index is 0.222. The maximum atomic E-state index is 14.0. The van der Waals surface area contributed by atoms with E-state index in [2.05, 4.69) is 13.0 Å². The van der Waals surface area contributed by atoms with Gasteiger partial charge in [-0.25, -0.2) is 9.79 Å². The fourth-order valence-corrected chi connectivity index (χ4v) is 6.30. The minimum Gasteiger partial charge on any atom is -0.496 e. The first-order chi connectivity index (χ1) is 21.1. The Hall–Kier alpha value is -4.63. The van der Waals surface area contributed by atoms with Crippen molar-refractivity contribution in [2.45, 2.75) is 40.3 Å². The molecule has 1 aromatic heterocycles. The van der Waals surface area contributed by atoms with Crippen LogP contribution < -0.4 is 29.3 Å². The highest BCUT2D eigenvalue weighted by Crippen LogP contribution is 2.32. The number of allylic oxidation sites excluding steroid dienone is 1. The third-order valence-corrected chi connectivity index (χ3v) is 8.77. The lowest BCUT2D eigenvalue weighted by atomic mass is 9.95. The Balaban J connectivity index is 1.58. The van der Waals surface area contributed by atoms with Crippen molar-refractivity contribution < 1.29 is 19.0 Å². The summed E-state index contributed by atoms with van der Waals surface area (Å²) in [6.45, 7) is 8.17. The van der Waals surface area contributed by atoms with Crippen LogP contribution >= 0.6 is 11.3 Å². The molecule has 0 N–H and O–H groups in total. The number of ether oxygens (including phenoxy) is 3. The lowest BCUT2D eigenvalue weighted by Gasteiger charge is -2.25. The molecule has 0 spiro atoms. The van der Waals surface area contributed by atoms with Crippen LogP contribution in [-0.2, 0) is 16.1 Å². The van der Waals surface area contributed by atoms with E-state index in [4.69, 9.17) is 19.2 Å². The average molecular weight is 612 g/mol. The van der Waals surface area contributed by atoms with E-state index in [1.165, 1.54) is 11.3 Å². The topological polar surface area (TPSA) is 82.4 Å². The van der Waals surface area contributed by atoms with E-state index >= 15 is 0 Å². The second-order valence-electron chi connectivity index (χ2n) is 10.8. The quantitative estimate of drug-likeness (QED) is 0.246. The SMILES string of the molecule is CCOC(=O)C1=C(C)N=c2sc(=Cc3ccc(OC)c(COc4cccc(C)c4C)c3)c(=O)n2C1c1ccc(N(C)C)cc1. The molecule has 3 aromatic carbocycles. The summed E-state index contributed by atoms with van der Waals surface area (Å²) in [5, 5.41) is 0. The summed E-state index contributed by atoms with van der Waals surface area (Å²) in [6, 6.07) is 18.9. The Kier molecular flexibility index (Phi) is 9.06. The standard InChI is InChI=1S/C35H37N3O5S/c1-8-42-34(40)31-23(4)36-35-38(32(31)25-13-15-27(16-14-25)37(5)6)33(39)30(44-35)19-24-12-17-29(41-7)26(18-24)20-43-28-11-9-10-21(2)22(28)3/h9-19,32H,8,20H2,1-7H3. The molecule has 1 aliphatic rings. The van der Waals surface area contributed by atoms with Crippen molar-refractivity contribution in [2.24, 2.45) is 4.99 Å². The number of carbonyl (C=O) groups excluding carboxylic acids is 1.